The van der Waals surface area contributed by atoms with Crippen LogP contribution in [0.3, 0.4) is 0 Å². The lowest BCUT2D eigenvalue weighted by Crippen LogP contribution is -2.52. The van der Waals surface area contributed by atoms with Crippen molar-refractivity contribution in [1.82, 2.24) is 14.8 Å². The number of amides is 1. The Morgan fingerprint density at radius 2 is 2.26 bits per heavy atom. The molecule has 104 valence electrons. The molecule has 6 nitrogen and oxygen atoms in total. The number of rotatable bonds is 3. The zero-order valence-corrected chi connectivity index (χ0v) is 10.5. The van der Waals surface area contributed by atoms with Crippen LogP contribution in [-0.2, 0) is 11.3 Å². The van der Waals surface area contributed by atoms with Gasteiger partial charge in [0.25, 0.3) is 12.3 Å². The van der Waals surface area contributed by atoms with E-state index in [9.17, 15) is 18.7 Å². The average Bonchev–Trinajstić information content (AvgIpc) is 2.83. The van der Waals surface area contributed by atoms with E-state index in [1.165, 1.54) is 11.6 Å². The summed E-state index contributed by atoms with van der Waals surface area (Å²) in [6.45, 7) is 3.03. The first-order valence-corrected chi connectivity index (χ1v) is 5.69. The standard InChI is InChI=1S/C11H14F2N4O2/c1-7-4-14-16(5-7)6-9(18)17-11(19,10(12)13)3-8(2)15-17/h4-5,10,19H,3,6H2,1-2H3/t11-/m1/s1. The Balaban J connectivity index is 2.17. The van der Waals surface area contributed by atoms with Gasteiger partial charge in [-0.25, -0.2) is 8.78 Å². The van der Waals surface area contributed by atoms with Gasteiger partial charge in [0.1, 0.15) is 6.54 Å². The lowest BCUT2D eigenvalue weighted by Gasteiger charge is -2.29. The fraction of sp³-hybridized carbons (Fsp3) is 0.545. The fourth-order valence-corrected chi connectivity index (χ4v) is 1.94. The van der Waals surface area contributed by atoms with Gasteiger partial charge in [-0.15, -0.1) is 0 Å². The third-order valence-electron chi connectivity index (χ3n) is 2.80. The van der Waals surface area contributed by atoms with Gasteiger partial charge in [-0.3, -0.25) is 9.48 Å². The summed E-state index contributed by atoms with van der Waals surface area (Å²) in [7, 11) is 0. The molecular weight excluding hydrogens is 258 g/mol. The van der Waals surface area contributed by atoms with Crippen molar-refractivity contribution in [2.75, 3.05) is 0 Å². The molecule has 0 saturated heterocycles. The zero-order valence-electron chi connectivity index (χ0n) is 10.5. The maximum atomic E-state index is 12.9. The van der Waals surface area contributed by atoms with Gasteiger partial charge in [-0.2, -0.15) is 15.2 Å². The van der Waals surface area contributed by atoms with E-state index in [1.807, 2.05) is 0 Å². The summed E-state index contributed by atoms with van der Waals surface area (Å²) < 4.78 is 27.1. The molecule has 1 atom stereocenters. The molecule has 1 aromatic heterocycles. The van der Waals surface area contributed by atoms with E-state index in [4.69, 9.17) is 0 Å². The number of carbonyl (C=O) groups is 1. The summed E-state index contributed by atoms with van der Waals surface area (Å²) >= 11 is 0. The molecule has 2 heterocycles. The van der Waals surface area contributed by atoms with Crippen LogP contribution in [0.25, 0.3) is 0 Å². The minimum absolute atomic E-state index is 0.250. The lowest BCUT2D eigenvalue weighted by molar-refractivity contribution is -0.192. The van der Waals surface area contributed by atoms with Gasteiger partial charge in [0.15, 0.2) is 0 Å². The van der Waals surface area contributed by atoms with Crippen LogP contribution in [-0.4, -0.2) is 43.7 Å². The molecule has 0 bridgehead atoms. The van der Waals surface area contributed by atoms with Gasteiger partial charge in [0.2, 0.25) is 5.72 Å². The highest BCUT2D eigenvalue weighted by atomic mass is 19.3. The summed E-state index contributed by atoms with van der Waals surface area (Å²) in [5, 5.41) is 17.9. The molecule has 0 aromatic carbocycles. The molecule has 0 radical (unpaired) electrons. The van der Waals surface area contributed by atoms with Crippen molar-refractivity contribution in [2.24, 2.45) is 5.10 Å². The van der Waals surface area contributed by atoms with Crippen LogP contribution in [0.4, 0.5) is 8.78 Å². The van der Waals surface area contributed by atoms with Crippen LogP contribution in [0.1, 0.15) is 18.9 Å². The van der Waals surface area contributed by atoms with Crippen molar-refractivity contribution in [1.29, 1.82) is 0 Å². The van der Waals surface area contributed by atoms with Crippen LogP contribution >= 0.6 is 0 Å². The molecule has 1 N–H and O–H groups in total. The zero-order chi connectivity index (χ0) is 14.2. The van der Waals surface area contributed by atoms with Gasteiger partial charge in [-0.1, -0.05) is 0 Å². The highest BCUT2D eigenvalue weighted by Crippen LogP contribution is 2.31. The first-order valence-electron chi connectivity index (χ1n) is 5.69. The number of carbonyl (C=O) groups excluding carboxylic acids is 1. The molecule has 1 aromatic rings. The molecule has 0 saturated carbocycles. The van der Waals surface area contributed by atoms with Crippen LogP contribution in [0.15, 0.2) is 17.5 Å². The summed E-state index contributed by atoms with van der Waals surface area (Å²) in [4.78, 5) is 12.0. The Hall–Kier alpha value is -1.83. The topological polar surface area (TPSA) is 70.7 Å². The molecule has 1 aliphatic rings. The van der Waals surface area contributed by atoms with Crippen molar-refractivity contribution < 1.29 is 18.7 Å². The molecule has 19 heavy (non-hydrogen) atoms. The van der Waals surface area contributed by atoms with E-state index in [1.54, 1.807) is 19.3 Å². The van der Waals surface area contributed by atoms with Gasteiger partial charge in [0.05, 0.1) is 6.20 Å². The highest BCUT2D eigenvalue weighted by molar-refractivity contribution is 5.88. The molecule has 2 rings (SSSR count). The smallest absolute Gasteiger partial charge is 0.287 e. The van der Waals surface area contributed by atoms with Gasteiger partial charge < -0.3 is 5.11 Å². The van der Waals surface area contributed by atoms with Gasteiger partial charge in [0, 0.05) is 18.3 Å². The summed E-state index contributed by atoms with van der Waals surface area (Å²) in [5.74, 6) is -0.734. The first-order chi connectivity index (χ1) is 8.83. The Labute approximate surface area is 108 Å². The molecular formula is C11H14F2N4O2. The fourth-order valence-electron chi connectivity index (χ4n) is 1.94. The number of alkyl halides is 2. The largest absolute Gasteiger partial charge is 0.364 e. The average molecular weight is 272 g/mol. The van der Waals surface area contributed by atoms with Crippen molar-refractivity contribution in [3.05, 3.63) is 18.0 Å². The number of halogens is 2. The molecule has 1 amide bonds. The van der Waals surface area contributed by atoms with E-state index in [0.717, 1.165) is 5.56 Å². The summed E-state index contributed by atoms with van der Waals surface area (Å²) in [6, 6.07) is 0. The van der Waals surface area contributed by atoms with Gasteiger partial charge >= 0.3 is 0 Å². The maximum Gasteiger partial charge on any atom is 0.287 e. The predicted octanol–water partition coefficient (Wildman–Crippen LogP) is 0.753. The number of hydrogen-bond donors (Lipinski definition) is 1. The molecule has 0 aliphatic carbocycles. The van der Waals surface area contributed by atoms with Crippen LogP contribution < -0.4 is 0 Å². The second-order valence-electron chi connectivity index (χ2n) is 4.61. The van der Waals surface area contributed by atoms with Crippen molar-refractivity contribution in [2.45, 2.75) is 39.0 Å². The normalized spacial score (nSPS) is 23.1. The number of aliphatic hydroxyl groups is 1. The third kappa shape index (κ3) is 2.48. The predicted molar refractivity (Wildman–Crippen MR) is 62.5 cm³/mol. The number of aryl methyl sites for hydroxylation is 1. The molecule has 0 spiro atoms. The van der Waals surface area contributed by atoms with E-state index < -0.39 is 18.1 Å². The van der Waals surface area contributed by atoms with Crippen LogP contribution in [0.5, 0.6) is 0 Å². The second-order valence-corrected chi connectivity index (χ2v) is 4.61. The van der Waals surface area contributed by atoms with Crippen molar-refractivity contribution >= 4 is 11.6 Å². The Bertz CT molecular complexity index is 529. The first kappa shape index (κ1) is 13.6. The number of aromatic nitrogens is 2. The van der Waals surface area contributed by atoms with E-state index >= 15 is 0 Å². The monoisotopic (exact) mass is 272 g/mol. The minimum Gasteiger partial charge on any atom is -0.364 e. The quantitative estimate of drug-likeness (QED) is 0.882. The molecule has 1 aliphatic heterocycles. The van der Waals surface area contributed by atoms with Gasteiger partial charge in [-0.05, 0) is 19.4 Å². The van der Waals surface area contributed by atoms with Crippen molar-refractivity contribution in [3.63, 3.8) is 0 Å². The van der Waals surface area contributed by atoms with Crippen LogP contribution in [0, 0.1) is 6.92 Å². The van der Waals surface area contributed by atoms with Crippen LogP contribution in [0.2, 0.25) is 0 Å². The van der Waals surface area contributed by atoms with Crippen molar-refractivity contribution in [3.8, 4) is 0 Å². The van der Waals surface area contributed by atoms with E-state index in [2.05, 4.69) is 10.2 Å². The Morgan fingerprint density at radius 3 is 2.79 bits per heavy atom. The number of hydrazone groups is 1. The third-order valence-corrected chi connectivity index (χ3v) is 2.80. The Kier molecular flexibility index (Phi) is 3.36. The molecule has 8 heteroatoms. The minimum atomic E-state index is -3.09. The Morgan fingerprint density at radius 1 is 1.58 bits per heavy atom. The molecule has 0 unspecified atom stereocenters. The maximum absolute atomic E-state index is 12.9. The van der Waals surface area contributed by atoms with E-state index in [-0.39, 0.29) is 18.7 Å². The number of hydrogen-bond acceptors (Lipinski definition) is 4. The summed E-state index contributed by atoms with van der Waals surface area (Å²) in [6.07, 6.45) is -0.289. The van der Waals surface area contributed by atoms with E-state index in [0.29, 0.717) is 5.01 Å². The summed E-state index contributed by atoms with van der Waals surface area (Å²) in [5.41, 5.74) is -1.42. The highest BCUT2D eigenvalue weighted by Gasteiger charge is 2.50. The SMILES string of the molecule is CC1=NN(C(=O)Cn2cc(C)cn2)[C@](O)(C(F)F)C1. The number of nitrogens with zero attached hydrogens (tertiary/aromatic N) is 4. The lowest BCUT2D eigenvalue weighted by atomic mass is 10.1. The molecule has 0 fully saturated rings. The second kappa shape index (κ2) is 4.69.